The molecule has 0 unspecified atom stereocenters. The number of carbonyl (C=O) groups excluding carboxylic acids is 1. The van der Waals surface area contributed by atoms with Crippen molar-refractivity contribution in [3.63, 3.8) is 0 Å². The van der Waals surface area contributed by atoms with E-state index in [-0.39, 0.29) is 4.00 Å². The van der Waals surface area contributed by atoms with E-state index in [0.29, 0.717) is 6.42 Å². The van der Waals surface area contributed by atoms with Crippen LogP contribution in [0.1, 0.15) is 39.5 Å². The van der Waals surface area contributed by atoms with Crippen LogP contribution in [0.2, 0.25) is 0 Å². The van der Waals surface area contributed by atoms with E-state index in [9.17, 15) is 4.79 Å². The summed E-state index contributed by atoms with van der Waals surface area (Å²) in [6.45, 7) is 3.21. The molecule has 0 atom stereocenters. The summed E-state index contributed by atoms with van der Waals surface area (Å²) in [5, 5.41) is 7.42. The maximum absolute atomic E-state index is 10.2. The Morgan fingerprint density at radius 1 is 1.33 bits per heavy atom. The molecule has 0 aliphatic rings. The van der Waals surface area contributed by atoms with Crippen LogP contribution in [0.3, 0.4) is 0 Å². The number of aliphatic carboxylic acids is 1. The molecule has 76 valence electrons. The average Bonchev–Trinajstić information content (AvgIpc) is 1.86. The second-order valence-electron chi connectivity index (χ2n) is 2.29. The van der Waals surface area contributed by atoms with E-state index in [0.717, 1.165) is 19.8 Å². The SMILES string of the molecule is CC(=O)O.CCCCC[C](=O)[Ag]. The van der Waals surface area contributed by atoms with Crippen molar-refractivity contribution < 1.29 is 35.8 Å². The first-order valence-corrected chi connectivity index (χ1v) is 4.58. The zero-order valence-electron chi connectivity index (χ0n) is 7.39. The van der Waals surface area contributed by atoms with Crippen LogP contribution in [0.4, 0.5) is 0 Å². The molecule has 0 aromatic heterocycles. The monoisotopic (exact) mass is 266 g/mol. The quantitative estimate of drug-likeness (QED) is 0.623. The van der Waals surface area contributed by atoms with Crippen LogP contribution in [0.15, 0.2) is 0 Å². The van der Waals surface area contributed by atoms with Gasteiger partial charge in [-0.1, -0.05) is 0 Å². The maximum atomic E-state index is 10.2. The Kier molecular flexibility index (Phi) is 13.1. The van der Waals surface area contributed by atoms with Crippen LogP contribution >= 0.6 is 0 Å². The van der Waals surface area contributed by atoms with Crippen molar-refractivity contribution in [3.05, 3.63) is 0 Å². The Labute approximate surface area is 85.5 Å². The first-order chi connectivity index (χ1) is 5.50. The number of hydrogen-bond donors (Lipinski definition) is 1. The van der Waals surface area contributed by atoms with Crippen LogP contribution in [0.25, 0.3) is 0 Å². The van der Waals surface area contributed by atoms with Gasteiger partial charge in [-0.05, 0) is 0 Å². The van der Waals surface area contributed by atoms with E-state index in [2.05, 4.69) is 28.0 Å². The summed E-state index contributed by atoms with van der Waals surface area (Å²) < 4.78 is 0.128. The van der Waals surface area contributed by atoms with Gasteiger partial charge in [0.15, 0.2) is 0 Å². The van der Waals surface area contributed by atoms with Gasteiger partial charge < -0.3 is 5.11 Å². The van der Waals surface area contributed by atoms with Crippen molar-refractivity contribution in [1.29, 1.82) is 0 Å². The minimum absolute atomic E-state index is 0.128. The van der Waals surface area contributed by atoms with E-state index in [1.807, 2.05) is 0 Å². The number of unbranched alkanes of at least 4 members (excludes halogenated alkanes) is 2. The molecule has 0 heterocycles. The van der Waals surface area contributed by atoms with Crippen LogP contribution < -0.4 is 0 Å². The summed E-state index contributed by atoms with van der Waals surface area (Å²) >= 11 is 2.88. The molecule has 0 spiro atoms. The van der Waals surface area contributed by atoms with Gasteiger partial charge in [0.1, 0.15) is 0 Å². The molecule has 0 amide bonds. The normalized spacial score (nSPS) is 8.33. The predicted molar refractivity (Wildman–Crippen MR) is 42.5 cm³/mol. The average molecular weight is 267 g/mol. The third-order valence-corrected chi connectivity index (χ3v) is 1.33. The van der Waals surface area contributed by atoms with Crippen molar-refractivity contribution in [1.82, 2.24) is 0 Å². The second-order valence-corrected chi connectivity index (χ2v) is 3.12. The van der Waals surface area contributed by atoms with Crippen LogP contribution in [-0.4, -0.2) is 15.1 Å². The molecule has 0 radical (unpaired) electrons. The molecule has 0 fully saturated rings. The molecule has 0 aliphatic heterocycles. The third-order valence-electron chi connectivity index (χ3n) is 0.958. The van der Waals surface area contributed by atoms with Gasteiger partial charge in [-0.15, -0.1) is 0 Å². The molecule has 12 heavy (non-hydrogen) atoms. The Balaban J connectivity index is 0. The van der Waals surface area contributed by atoms with E-state index < -0.39 is 5.97 Å². The molecule has 0 aromatic rings. The van der Waals surface area contributed by atoms with Gasteiger partial charge in [0.2, 0.25) is 0 Å². The van der Waals surface area contributed by atoms with Crippen molar-refractivity contribution in [3.8, 4) is 0 Å². The van der Waals surface area contributed by atoms with Gasteiger partial charge in [0.05, 0.1) is 0 Å². The van der Waals surface area contributed by atoms with Crippen molar-refractivity contribution >= 4 is 9.97 Å². The summed E-state index contributed by atoms with van der Waals surface area (Å²) in [4.78, 5) is 19.2. The summed E-state index contributed by atoms with van der Waals surface area (Å²) in [6.07, 6.45) is 4.06. The molecular weight excluding hydrogens is 252 g/mol. The van der Waals surface area contributed by atoms with Crippen LogP contribution in [0, 0.1) is 0 Å². The topological polar surface area (TPSA) is 54.4 Å². The summed E-state index contributed by atoms with van der Waals surface area (Å²) in [5.41, 5.74) is 0. The van der Waals surface area contributed by atoms with Crippen molar-refractivity contribution in [2.24, 2.45) is 0 Å². The zero-order valence-corrected chi connectivity index (χ0v) is 8.88. The number of rotatable bonds is 4. The fourth-order valence-electron chi connectivity index (χ4n) is 0.500. The molecule has 4 heteroatoms. The second kappa shape index (κ2) is 10.9. The molecule has 3 nitrogen and oxygen atoms in total. The first-order valence-electron chi connectivity index (χ1n) is 3.84. The van der Waals surface area contributed by atoms with Crippen molar-refractivity contribution in [2.45, 2.75) is 39.5 Å². The Morgan fingerprint density at radius 3 is 2.00 bits per heavy atom. The van der Waals surface area contributed by atoms with Gasteiger partial charge in [-0.25, -0.2) is 0 Å². The van der Waals surface area contributed by atoms with Gasteiger partial charge in [0.25, 0.3) is 5.97 Å². The molecule has 0 aromatic carbocycles. The van der Waals surface area contributed by atoms with Gasteiger partial charge >= 0.3 is 62.5 Å². The molecule has 0 rings (SSSR count). The van der Waals surface area contributed by atoms with Gasteiger partial charge in [-0.2, -0.15) is 0 Å². The number of carbonyl (C=O) groups is 2. The van der Waals surface area contributed by atoms with E-state index in [4.69, 9.17) is 9.90 Å². The van der Waals surface area contributed by atoms with Crippen molar-refractivity contribution in [2.75, 3.05) is 0 Å². The van der Waals surface area contributed by atoms with E-state index in [1.165, 1.54) is 6.42 Å². The number of hydrogen-bond acceptors (Lipinski definition) is 2. The fourth-order valence-corrected chi connectivity index (χ4v) is 0.762. The molecule has 0 saturated carbocycles. The predicted octanol–water partition coefficient (Wildman–Crippen LogP) is 1.73. The molecule has 0 saturated heterocycles. The molecule has 0 aliphatic carbocycles. The Morgan fingerprint density at radius 2 is 1.75 bits per heavy atom. The molecular formula is C8H15AgO3. The number of carboxylic acid groups (broad SMARTS) is 1. The van der Waals surface area contributed by atoms with E-state index >= 15 is 0 Å². The van der Waals surface area contributed by atoms with E-state index in [1.54, 1.807) is 0 Å². The third kappa shape index (κ3) is 32.7. The zero-order chi connectivity index (χ0) is 9.98. The standard InChI is InChI=1S/C6H11O.C2H4O2.Ag/c1-2-3-4-5-6-7;1-2(3)4;/h2-5H2,1H3;1H3,(H,3,4);. The van der Waals surface area contributed by atoms with Gasteiger partial charge in [-0.3, -0.25) is 4.79 Å². The first kappa shape index (κ1) is 14.4. The van der Waals surface area contributed by atoms with Crippen LogP contribution in [0.5, 0.6) is 0 Å². The molecule has 1 N–H and O–H groups in total. The van der Waals surface area contributed by atoms with Gasteiger partial charge in [0, 0.05) is 6.92 Å². The Bertz CT molecular complexity index is 130. The fraction of sp³-hybridized carbons (Fsp3) is 0.750. The summed E-state index contributed by atoms with van der Waals surface area (Å²) in [6, 6.07) is 0. The summed E-state index contributed by atoms with van der Waals surface area (Å²) in [7, 11) is 0. The number of carboxylic acids is 1. The minimum atomic E-state index is -0.833. The summed E-state index contributed by atoms with van der Waals surface area (Å²) in [5.74, 6) is -0.833. The van der Waals surface area contributed by atoms with Crippen LogP contribution in [-0.2, 0) is 30.7 Å². The molecule has 0 bridgehead atoms. The Hall–Kier alpha value is -0.120.